The fraction of sp³-hybridized carbons (Fsp3) is 0.462. The highest BCUT2D eigenvalue weighted by Crippen LogP contribution is 2.38. The predicted molar refractivity (Wildman–Crippen MR) is 65.5 cm³/mol. The maximum absolute atomic E-state index is 8.82. The van der Waals surface area contributed by atoms with Gasteiger partial charge in [0.25, 0.3) is 0 Å². The SMILES string of the molecule is COc1ccc(Cl)c(CC#N)c1OCC1CC1. The zero-order valence-corrected chi connectivity index (χ0v) is 10.5. The molecule has 0 aliphatic heterocycles. The maximum atomic E-state index is 8.82. The van der Waals surface area contributed by atoms with Gasteiger partial charge >= 0.3 is 0 Å². The van der Waals surface area contributed by atoms with Crippen LogP contribution in [0, 0.1) is 17.2 Å². The topological polar surface area (TPSA) is 42.2 Å². The molecule has 90 valence electrons. The molecule has 0 atom stereocenters. The fourth-order valence-electron chi connectivity index (χ4n) is 1.63. The Balaban J connectivity index is 2.28. The summed E-state index contributed by atoms with van der Waals surface area (Å²) in [5, 5.41) is 9.37. The summed E-state index contributed by atoms with van der Waals surface area (Å²) in [7, 11) is 1.59. The first-order chi connectivity index (χ1) is 8.26. The lowest BCUT2D eigenvalue weighted by Gasteiger charge is -2.14. The number of hydrogen-bond acceptors (Lipinski definition) is 3. The minimum Gasteiger partial charge on any atom is -0.493 e. The first kappa shape index (κ1) is 12.1. The summed E-state index contributed by atoms with van der Waals surface area (Å²) in [5.41, 5.74) is 0.717. The summed E-state index contributed by atoms with van der Waals surface area (Å²) in [6, 6.07) is 5.60. The third kappa shape index (κ3) is 2.83. The lowest BCUT2D eigenvalue weighted by atomic mass is 10.1. The van der Waals surface area contributed by atoms with Gasteiger partial charge in [0.2, 0.25) is 0 Å². The molecule has 1 saturated carbocycles. The molecule has 17 heavy (non-hydrogen) atoms. The maximum Gasteiger partial charge on any atom is 0.166 e. The van der Waals surface area contributed by atoms with Crippen molar-refractivity contribution in [3.8, 4) is 17.6 Å². The predicted octanol–water partition coefficient (Wildman–Crippen LogP) is 3.20. The van der Waals surface area contributed by atoms with Crippen molar-refractivity contribution >= 4 is 11.6 Å². The zero-order valence-electron chi connectivity index (χ0n) is 9.70. The molecule has 0 bridgehead atoms. The van der Waals surface area contributed by atoms with Gasteiger partial charge in [0, 0.05) is 10.6 Å². The third-order valence-electron chi connectivity index (χ3n) is 2.80. The van der Waals surface area contributed by atoms with Crippen LogP contribution >= 0.6 is 11.6 Å². The number of halogens is 1. The van der Waals surface area contributed by atoms with E-state index in [0.29, 0.717) is 34.6 Å². The molecule has 0 radical (unpaired) electrons. The van der Waals surface area contributed by atoms with Crippen molar-refractivity contribution in [3.63, 3.8) is 0 Å². The largest absolute Gasteiger partial charge is 0.493 e. The second kappa shape index (κ2) is 5.29. The minimum absolute atomic E-state index is 0.232. The van der Waals surface area contributed by atoms with Crippen molar-refractivity contribution in [2.75, 3.05) is 13.7 Å². The quantitative estimate of drug-likeness (QED) is 0.807. The van der Waals surface area contributed by atoms with Gasteiger partial charge in [-0.25, -0.2) is 0 Å². The van der Waals surface area contributed by atoms with Crippen molar-refractivity contribution in [1.29, 1.82) is 5.26 Å². The van der Waals surface area contributed by atoms with E-state index in [1.54, 1.807) is 19.2 Å². The Hall–Kier alpha value is -1.40. The lowest BCUT2D eigenvalue weighted by Crippen LogP contribution is -2.04. The molecule has 0 amide bonds. The summed E-state index contributed by atoms with van der Waals surface area (Å²) in [5.74, 6) is 1.90. The molecule has 1 fully saturated rings. The average molecular weight is 252 g/mol. The summed E-state index contributed by atoms with van der Waals surface area (Å²) in [6.45, 7) is 0.676. The van der Waals surface area contributed by atoms with Crippen molar-refractivity contribution in [2.45, 2.75) is 19.3 Å². The van der Waals surface area contributed by atoms with E-state index >= 15 is 0 Å². The van der Waals surface area contributed by atoms with Crippen LogP contribution in [0.15, 0.2) is 12.1 Å². The molecule has 2 rings (SSSR count). The van der Waals surface area contributed by atoms with Crippen LogP contribution in [0.2, 0.25) is 5.02 Å². The Kier molecular flexibility index (Phi) is 3.75. The zero-order chi connectivity index (χ0) is 12.3. The summed E-state index contributed by atoms with van der Waals surface area (Å²) in [4.78, 5) is 0. The number of hydrogen-bond donors (Lipinski definition) is 0. The molecule has 3 nitrogen and oxygen atoms in total. The average Bonchev–Trinajstić information content (AvgIpc) is 3.14. The van der Waals surface area contributed by atoms with Gasteiger partial charge in [0.05, 0.1) is 26.2 Å². The van der Waals surface area contributed by atoms with E-state index in [4.69, 9.17) is 26.3 Å². The molecule has 0 heterocycles. The molecule has 1 aliphatic carbocycles. The van der Waals surface area contributed by atoms with E-state index in [1.807, 2.05) is 0 Å². The molecule has 1 aliphatic rings. The number of nitriles is 1. The van der Waals surface area contributed by atoms with Gasteiger partial charge in [-0.2, -0.15) is 5.26 Å². The van der Waals surface area contributed by atoms with Gasteiger partial charge in [-0.15, -0.1) is 0 Å². The third-order valence-corrected chi connectivity index (χ3v) is 3.16. The van der Waals surface area contributed by atoms with Crippen LogP contribution in [0.25, 0.3) is 0 Å². The van der Waals surface area contributed by atoms with Crippen molar-refractivity contribution in [2.24, 2.45) is 5.92 Å². The molecular formula is C13H14ClNO2. The Morgan fingerprint density at radius 3 is 2.82 bits per heavy atom. The summed E-state index contributed by atoms with van der Waals surface area (Å²) >= 11 is 6.08. The standard InChI is InChI=1S/C13H14ClNO2/c1-16-12-5-4-11(14)10(6-7-15)13(12)17-8-9-2-3-9/h4-5,9H,2-3,6,8H2,1H3. The van der Waals surface area contributed by atoms with E-state index in [1.165, 1.54) is 12.8 Å². The number of nitrogens with zero attached hydrogens (tertiary/aromatic N) is 1. The highest BCUT2D eigenvalue weighted by Gasteiger charge is 2.24. The van der Waals surface area contributed by atoms with Crippen LogP contribution in [-0.4, -0.2) is 13.7 Å². The monoisotopic (exact) mass is 251 g/mol. The molecule has 0 spiro atoms. The highest BCUT2D eigenvalue weighted by molar-refractivity contribution is 6.31. The normalized spacial score (nSPS) is 14.2. The molecule has 0 N–H and O–H groups in total. The van der Waals surface area contributed by atoms with E-state index in [2.05, 4.69) is 6.07 Å². The summed E-state index contributed by atoms with van der Waals surface area (Å²) < 4.78 is 11.0. The van der Waals surface area contributed by atoms with Gasteiger partial charge in [0.1, 0.15) is 0 Å². The van der Waals surface area contributed by atoms with Crippen LogP contribution in [0.1, 0.15) is 18.4 Å². The van der Waals surface area contributed by atoms with Crippen molar-refractivity contribution < 1.29 is 9.47 Å². The van der Waals surface area contributed by atoms with Crippen LogP contribution in [0.4, 0.5) is 0 Å². The van der Waals surface area contributed by atoms with Crippen LogP contribution < -0.4 is 9.47 Å². The number of ether oxygens (including phenoxy) is 2. The Morgan fingerprint density at radius 2 is 2.24 bits per heavy atom. The van der Waals surface area contributed by atoms with E-state index in [9.17, 15) is 0 Å². The van der Waals surface area contributed by atoms with E-state index < -0.39 is 0 Å². The first-order valence-electron chi connectivity index (χ1n) is 5.61. The fourth-order valence-corrected chi connectivity index (χ4v) is 1.85. The lowest BCUT2D eigenvalue weighted by molar-refractivity contribution is 0.278. The highest BCUT2D eigenvalue weighted by atomic mass is 35.5. The first-order valence-corrected chi connectivity index (χ1v) is 5.99. The number of benzene rings is 1. The van der Waals surface area contributed by atoms with Crippen LogP contribution in [0.5, 0.6) is 11.5 Å². The smallest absolute Gasteiger partial charge is 0.166 e. The molecule has 4 heteroatoms. The van der Waals surface area contributed by atoms with E-state index in [-0.39, 0.29) is 6.42 Å². The Morgan fingerprint density at radius 1 is 1.47 bits per heavy atom. The summed E-state index contributed by atoms with van der Waals surface area (Å²) in [6.07, 6.45) is 2.67. The Labute approximate surface area is 106 Å². The van der Waals surface area contributed by atoms with Crippen molar-refractivity contribution in [1.82, 2.24) is 0 Å². The van der Waals surface area contributed by atoms with Crippen LogP contribution in [0.3, 0.4) is 0 Å². The van der Waals surface area contributed by atoms with Crippen molar-refractivity contribution in [3.05, 3.63) is 22.7 Å². The van der Waals surface area contributed by atoms with Gasteiger partial charge < -0.3 is 9.47 Å². The molecule has 0 unspecified atom stereocenters. The second-order valence-corrected chi connectivity index (χ2v) is 4.55. The number of rotatable bonds is 5. The van der Waals surface area contributed by atoms with Gasteiger partial charge in [-0.05, 0) is 30.9 Å². The Bertz CT molecular complexity index is 449. The molecule has 1 aromatic carbocycles. The van der Waals surface area contributed by atoms with E-state index in [0.717, 1.165) is 0 Å². The molecular weight excluding hydrogens is 238 g/mol. The van der Waals surface area contributed by atoms with Gasteiger partial charge in [0.15, 0.2) is 11.5 Å². The minimum atomic E-state index is 0.232. The van der Waals surface area contributed by atoms with Gasteiger partial charge in [-0.3, -0.25) is 0 Å². The van der Waals surface area contributed by atoms with Gasteiger partial charge in [-0.1, -0.05) is 11.6 Å². The number of methoxy groups -OCH3 is 1. The molecule has 0 saturated heterocycles. The van der Waals surface area contributed by atoms with Crippen LogP contribution in [-0.2, 0) is 6.42 Å². The second-order valence-electron chi connectivity index (χ2n) is 4.15. The molecule has 0 aromatic heterocycles. The molecule has 1 aromatic rings.